The van der Waals surface area contributed by atoms with Crippen LogP contribution in [0.3, 0.4) is 0 Å². The van der Waals surface area contributed by atoms with Gasteiger partial charge in [0.2, 0.25) is 0 Å². The van der Waals surface area contributed by atoms with Crippen LogP contribution >= 0.6 is 11.8 Å². The third-order valence-electron chi connectivity index (χ3n) is 3.18. The van der Waals surface area contributed by atoms with Gasteiger partial charge in [-0.3, -0.25) is 10.00 Å². The molecule has 1 aromatic heterocycles. The average molecular weight is 250 g/mol. The largest absolute Gasteiger partial charge is 0.300 e. The van der Waals surface area contributed by atoms with E-state index in [9.17, 15) is 5.26 Å². The van der Waals surface area contributed by atoms with Gasteiger partial charge in [-0.1, -0.05) is 6.92 Å². The number of nitrogens with zero attached hydrogens (tertiary/aromatic N) is 3. The van der Waals surface area contributed by atoms with Crippen LogP contribution in [0.1, 0.15) is 26.2 Å². The Balaban J connectivity index is 1.96. The molecule has 0 aliphatic heterocycles. The molecule has 4 nitrogen and oxygen atoms in total. The Bertz CT molecular complexity index is 422. The second kappa shape index (κ2) is 5.11. The number of rotatable bonds is 4. The monoisotopic (exact) mass is 250 g/mol. The molecule has 2 atom stereocenters. The maximum absolute atomic E-state index is 9.30. The number of aromatic nitrogens is 2. The van der Waals surface area contributed by atoms with Crippen LogP contribution in [0, 0.1) is 11.3 Å². The van der Waals surface area contributed by atoms with Crippen LogP contribution in [-0.4, -0.2) is 27.1 Å². The molecule has 1 heterocycles. The lowest BCUT2D eigenvalue weighted by atomic mass is 10.0. The van der Waals surface area contributed by atoms with Gasteiger partial charge in [-0.2, -0.15) is 10.4 Å². The quantitative estimate of drug-likeness (QED) is 0.887. The molecular weight excluding hydrogens is 232 g/mol. The second-order valence-electron chi connectivity index (χ2n) is 4.56. The van der Waals surface area contributed by atoms with Gasteiger partial charge >= 0.3 is 0 Å². The van der Waals surface area contributed by atoms with E-state index >= 15 is 0 Å². The molecule has 2 rings (SSSR count). The van der Waals surface area contributed by atoms with Gasteiger partial charge in [-0.15, -0.1) is 11.8 Å². The van der Waals surface area contributed by atoms with Gasteiger partial charge in [0.1, 0.15) is 5.54 Å². The van der Waals surface area contributed by atoms with E-state index in [0.29, 0.717) is 5.25 Å². The SMILES string of the molecule is CCNC1(C#N)CCC(Sc2cnn(C)c2)C1. The highest BCUT2D eigenvalue weighted by Gasteiger charge is 2.39. The minimum absolute atomic E-state index is 0.297. The van der Waals surface area contributed by atoms with Gasteiger partial charge in [-0.25, -0.2) is 0 Å². The topological polar surface area (TPSA) is 53.6 Å². The first kappa shape index (κ1) is 12.5. The summed E-state index contributed by atoms with van der Waals surface area (Å²) in [6.07, 6.45) is 6.90. The molecule has 5 heteroatoms. The highest BCUT2D eigenvalue weighted by Crippen LogP contribution is 2.39. The van der Waals surface area contributed by atoms with Crippen molar-refractivity contribution < 1.29 is 0 Å². The normalized spacial score (nSPS) is 28.2. The predicted molar refractivity (Wildman–Crippen MR) is 68.7 cm³/mol. The van der Waals surface area contributed by atoms with Crippen LogP contribution in [0.25, 0.3) is 0 Å². The Morgan fingerprint density at radius 1 is 1.76 bits per heavy atom. The second-order valence-corrected chi connectivity index (χ2v) is 5.93. The van der Waals surface area contributed by atoms with Crippen molar-refractivity contribution in [3.05, 3.63) is 12.4 Å². The zero-order chi connectivity index (χ0) is 12.3. The molecule has 1 aliphatic carbocycles. The summed E-state index contributed by atoms with van der Waals surface area (Å²) < 4.78 is 1.82. The Labute approximate surface area is 106 Å². The van der Waals surface area contributed by atoms with Crippen LogP contribution < -0.4 is 5.32 Å². The Morgan fingerprint density at radius 2 is 2.59 bits per heavy atom. The molecule has 1 N–H and O–H groups in total. The Kier molecular flexibility index (Phi) is 3.75. The molecule has 2 unspecified atom stereocenters. The van der Waals surface area contributed by atoms with Crippen molar-refractivity contribution in [2.45, 2.75) is 41.9 Å². The maximum atomic E-state index is 9.30. The summed E-state index contributed by atoms with van der Waals surface area (Å²) in [7, 11) is 1.93. The highest BCUT2D eigenvalue weighted by atomic mass is 32.2. The van der Waals surface area contributed by atoms with E-state index in [1.165, 1.54) is 4.90 Å². The fourth-order valence-electron chi connectivity index (χ4n) is 2.39. The van der Waals surface area contributed by atoms with Gasteiger partial charge in [0.25, 0.3) is 0 Å². The molecule has 0 radical (unpaired) electrons. The smallest absolute Gasteiger partial charge is 0.107 e. The minimum Gasteiger partial charge on any atom is -0.300 e. The molecule has 1 fully saturated rings. The zero-order valence-corrected chi connectivity index (χ0v) is 11.1. The van der Waals surface area contributed by atoms with E-state index in [0.717, 1.165) is 25.8 Å². The number of nitrogens with one attached hydrogen (secondary N) is 1. The van der Waals surface area contributed by atoms with Crippen molar-refractivity contribution in [2.75, 3.05) is 6.54 Å². The Morgan fingerprint density at radius 3 is 3.18 bits per heavy atom. The third-order valence-corrected chi connectivity index (χ3v) is 4.40. The number of hydrogen-bond acceptors (Lipinski definition) is 4. The summed E-state index contributed by atoms with van der Waals surface area (Å²) in [6.45, 7) is 2.92. The molecule has 0 saturated heterocycles. The van der Waals surface area contributed by atoms with E-state index in [4.69, 9.17) is 0 Å². The van der Waals surface area contributed by atoms with E-state index in [2.05, 4.69) is 23.4 Å². The predicted octanol–water partition coefficient (Wildman–Crippen LogP) is 1.94. The minimum atomic E-state index is -0.297. The molecule has 17 heavy (non-hydrogen) atoms. The summed E-state index contributed by atoms with van der Waals surface area (Å²) in [5.74, 6) is 0. The molecule has 0 spiro atoms. The number of nitriles is 1. The van der Waals surface area contributed by atoms with Crippen LogP contribution in [0.4, 0.5) is 0 Å². The number of hydrogen-bond donors (Lipinski definition) is 1. The first-order valence-electron chi connectivity index (χ1n) is 5.99. The van der Waals surface area contributed by atoms with E-state index < -0.39 is 0 Å². The van der Waals surface area contributed by atoms with E-state index in [-0.39, 0.29) is 5.54 Å². The van der Waals surface area contributed by atoms with Crippen molar-refractivity contribution in [2.24, 2.45) is 7.05 Å². The summed E-state index contributed by atoms with van der Waals surface area (Å²) in [5, 5.41) is 17.3. The molecule has 0 aromatic carbocycles. The van der Waals surface area contributed by atoms with Crippen molar-refractivity contribution in [3.8, 4) is 6.07 Å². The standard InChI is InChI=1S/C12H18N4S/c1-3-14-12(9-13)5-4-10(6-12)17-11-7-15-16(2)8-11/h7-8,10,14H,3-6H2,1-2H3. The van der Waals surface area contributed by atoms with Crippen LogP contribution in [0.2, 0.25) is 0 Å². The van der Waals surface area contributed by atoms with Crippen LogP contribution in [-0.2, 0) is 7.05 Å². The maximum Gasteiger partial charge on any atom is 0.107 e. The van der Waals surface area contributed by atoms with Crippen molar-refractivity contribution in [3.63, 3.8) is 0 Å². The lowest BCUT2D eigenvalue weighted by Gasteiger charge is -2.21. The van der Waals surface area contributed by atoms with Gasteiger partial charge in [0.15, 0.2) is 0 Å². The number of thioether (sulfide) groups is 1. The lowest BCUT2D eigenvalue weighted by molar-refractivity contribution is 0.436. The molecule has 0 bridgehead atoms. The molecule has 92 valence electrons. The van der Waals surface area contributed by atoms with Crippen LogP contribution in [0.5, 0.6) is 0 Å². The molecule has 1 aromatic rings. The first-order valence-corrected chi connectivity index (χ1v) is 6.87. The van der Waals surface area contributed by atoms with E-state index in [1.807, 2.05) is 35.9 Å². The summed E-state index contributed by atoms with van der Waals surface area (Å²) in [6, 6.07) is 2.45. The molecular formula is C12H18N4S. The van der Waals surface area contributed by atoms with Gasteiger partial charge in [0, 0.05) is 23.4 Å². The Hall–Kier alpha value is -0.990. The highest BCUT2D eigenvalue weighted by molar-refractivity contribution is 8.00. The number of aryl methyl sites for hydroxylation is 1. The molecule has 0 amide bonds. The summed E-state index contributed by atoms with van der Waals surface area (Å²) >= 11 is 1.84. The zero-order valence-electron chi connectivity index (χ0n) is 10.3. The van der Waals surface area contributed by atoms with Crippen molar-refractivity contribution in [1.82, 2.24) is 15.1 Å². The van der Waals surface area contributed by atoms with Gasteiger partial charge in [0.05, 0.1) is 12.3 Å². The average Bonchev–Trinajstić information content (AvgIpc) is 2.88. The summed E-state index contributed by atoms with van der Waals surface area (Å²) in [5.41, 5.74) is -0.297. The van der Waals surface area contributed by atoms with Gasteiger partial charge < -0.3 is 0 Å². The molecule has 1 saturated carbocycles. The third kappa shape index (κ3) is 2.82. The summed E-state index contributed by atoms with van der Waals surface area (Å²) in [4.78, 5) is 1.20. The van der Waals surface area contributed by atoms with E-state index in [1.54, 1.807) is 0 Å². The fourth-order valence-corrected chi connectivity index (χ4v) is 3.70. The first-order chi connectivity index (χ1) is 8.17. The van der Waals surface area contributed by atoms with Crippen molar-refractivity contribution in [1.29, 1.82) is 5.26 Å². The molecule has 1 aliphatic rings. The van der Waals surface area contributed by atoms with Crippen molar-refractivity contribution >= 4 is 11.8 Å². The fraction of sp³-hybridized carbons (Fsp3) is 0.667. The van der Waals surface area contributed by atoms with Crippen LogP contribution in [0.15, 0.2) is 17.3 Å². The van der Waals surface area contributed by atoms with Gasteiger partial charge in [-0.05, 0) is 25.8 Å². The lowest BCUT2D eigenvalue weighted by Crippen LogP contribution is -2.41.